The van der Waals surface area contributed by atoms with Crippen LogP contribution in [0.1, 0.15) is 32.6 Å². The van der Waals surface area contributed by atoms with Gasteiger partial charge in [-0.1, -0.05) is 6.92 Å². The van der Waals surface area contributed by atoms with Gasteiger partial charge < -0.3 is 29.2 Å². The Balaban J connectivity index is 1.68. The van der Waals surface area contributed by atoms with E-state index in [1.54, 1.807) is 28.4 Å². The van der Waals surface area contributed by atoms with E-state index in [9.17, 15) is 15.0 Å². The van der Waals surface area contributed by atoms with Gasteiger partial charge in [-0.15, -0.1) is 0 Å². The van der Waals surface area contributed by atoms with Crippen molar-refractivity contribution >= 4 is 5.78 Å². The summed E-state index contributed by atoms with van der Waals surface area (Å²) in [6.07, 6.45) is 1.53. The minimum Gasteiger partial charge on any atom is -0.386 e. The van der Waals surface area contributed by atoms with Crippen molar-refractivity contribution in [2.24, 2.45) is 34.5 Å². The topological polar surface area (TPSA) is 97.7 Å². The van der Waals surface area contributed by atoms with Crippen molar-refractivity contribution in [3.05, 3.63) is 0 Å². The Bertz CT molecular complexity index is 855. The number of hydrogen-bond acceptors (Lipinski definition) is 8. The van der Waals surface area contributed by atoms with Gasteiger partial charge in [0.15, 0.2) is 0 Å². The normalized spacial score (nSPS) is 58.7. The van der Waals surface area contributed by atoms with E-state index in [1.807, 2.05) is 0 Å². The van der Waals surface area contributed by atoms with Crippen LogP contribution in [0.2, 0.25) is 0 Å². The molecular formula is C25H39NO7. The van der Waals surface area contributed by atoms with E-state index >= 15 is 0 Å². The number of fused-ring (bicyclic) bond motifs is 2. The van der Waals surface area contributed by atoms with Gasteiger partial charge in [-0.25, -0.2) is 0 Å². The Hall–Kier alpha value is -0.610. The number of piperidine rings is 1. The fourth-order valence-electron chi connectivity index (χ4n) is 10.7. The summed E-state index contributed by atoms with van der Waals surface area (Å²) < 4.78 is 24.1. The maximum Gasteiger partial charge on any atom is 0.144 e. The van der Waals surface area contributed by atoms with Crippen molar-refractivity contribution in [3.8, 4) is 0 Å². The van der Waals surface area contributed by atoms with Crippen LogP contribution in [-0.4, -0.2) is 105 Å². The first kappa shape index (κ1) is 22.8. The van der Waals surface area contributed by atoms with Crippen LogP contribution in [0.4, 0.5) is 0 Å². The molecule has 8 heteroatoms. The van der Waals surface area contributed by atoms with E-state index in [0.717, 1.165) is 25.9 Å². The first-order chi connectivity index (χ1) is 15.8. The molecule has 1 saturated heterocycles. The van der Waals surface area contributed by atoms with Gasteiger partial charge in [0.2, 0.25) is 0 Å². The highest BCUT2D eigenvalue weighted by Gasteiger charge is 2.91. The molecule has 5 saturated carbocycles. The minimum absolute atomic E-state index is 0.0498. The van der Waals surface area contributed by atoms with Gasteiger partial charge in [0.1, 0.15) is 17.0 Å². The lowest BCUT2D eigenvalue weighted by Crippen LogP contribution is -2.81. The van der Waals surface area contributed by atoms with E-state index in [4.69, 9.17) is 18.9 Å². The molecule has 5 aliphatic carbocycles. The number of aliphatic hydroxyl groups is 2. The smallest absolute Gasteiger partial charge is 0.144 e. The molecule has 0 amide bonds. The zero-order valence-electron chi connectivity index (χ0n) is 20.5. The molecular weight excluding hydrogens is 426 g/mol. The molecule has 1 spiro atoms. The van der Waals surface area contributed by atoms with Gasteiger partial charge >= 0.3 is 0 Å². The molecule has 6 rings (SSSR count). The standard InChI is InChI=1S/C25H39NO7/c1-6-26-11-22(12-30-2)8-7-16(32-4)24-14-9-13-15(31-3)10-23(28,17(14)18(13)27)25(29,21(24)26)20(33-5)19(22)24/h13-17,19-21,28-29H,6-12H2,1-5H3/t13-,14-,15-,16+,17?,19?,20?,21+,22+,23-,24+,25-/m1/s1. The number of likely N-dealkylation sites (tertiary alicyclic amines) is 1. The second kappa shape index (κ2) is 6.99. The molecule has 0 aromatic carbocycles. The van der Waals surface area contributed by atoms with Gasteiger partial charge in [-0.05, 0) is 31.7 Å². The SMILES string of the molecule is CCN1C[C@]2(COC)CC[C@H](OC)[C@@]34C2C(OC)[C@@](O)([C@@H]13)[C@@]1(O)C[C@@H](OC)[C@H]2C[C@@H]4C1C2=O. The van der Waals surface area contributed by atoms with Crippen LogP contribution in [0.15, 0.2) is 0 Å². The summed E-state index contributed by atoms with van der Waals surface area (Å²) in [4.78, 5) is 16.1. The highest BCUT2D eigenvalue weighted by atomic mass is 16.5. The average molecular weight is 466 g/mol. The number of carbonyl (C=O) groups is 1. The Morgan fingerprint density at radius 2 is 1.88 bits per heavy atom. The van der Waals surface area contributed by atoms with Crippen molar-refractivity contribution in [2.75, 3.05) is 48.1 Å². The van der Waals surface area contributed by atoms with Crippen molar-refractivity contribution in [3.63, 3.8) is 0 Å². The number of methoxy groups -OCH3 is 4. The number of hydrogen-bond donors (Lipinski definition) is 2. The van der Waals surface area contributed by atoms with Crippen LogP contribution in [0.5, 0.6) is 0 Å². The van der Waals surface area contributed by atoms with Crippen LogP contribution < -0.4 is 0 Å². The lowest BCUT2D eigenvalue weighted by Gasteiger charge is -2.69. The van der Waals surface area contributed by atoms with Crippen LogP contribution in [0, 0.1) is 34.5 Å². The predicted octanol–water partition coefficient (Wildman–Crippen LogP) is 0.479. The van der Waals surface area contributed by atoms with Crippen LogP contribution in [0.3, 0.4) is 0 Å². The second-order valence-electron chi connectivity index (χ2n) is 11.7. The Labute approximate surface area is 195 Å². The third-order valence-corrected chi connectivity index (χ3v) is 11.2. The molecule has 0 aromatic heterocycles. The molecule has 33 heavy (non-hydrogen) atoms. The van der Waals surface area contributed by atoms with E-state index < -0.39 is 34.7 Å². The molecule has 6 aliphatic rings. The number of Topliss-reactive ketones (excluding diaryl/α,β-unsaturated/α-hetero) is 1. The summed E-state index contributed by atoms with van der Waals surface area (Å²) in [5, 5.41) is 25.4. The lowest BCUT2D eigenvalue weighted by molar-refractivity contribution is -0.301. The molecule has 6 fully saturated rings. The summed E-state index contributed by atoms with van der Waals surface area (Å²) in [5.74, 6) is -0.972. The quantitative estimate of drug-likeness (QED) is 0.585. The Morgan fingerprint density at radius 1 is 1.12 bits per heavy atom. The fourth-order valence-corrected chi connectivity index (χ4v) is 10.7. The molecule has 1 aliphatic heterocycles. The molecule has 186 valence electrons. The van der Waals surface area contributed by atoms with Gasteiger partial charge in [0.05, 0.1) is 36.9 Å². The number of nitrogens with zero attached hydrogens (tertiary/aromatic N) is 1. The van der Waals surface area contributed by atoms with Crippen LogP contribution in [0.25, 0.3) is 0 Å². The molecule has 2 N–H and O–H groups in total. The van der Waals surface area contributed by atoms with Gasteiger partial charge in [0.25, 0.3) is 0 Å². The predicted molar refractivity (Wildman–Crippen MR) is 118 cm³/mol. The van der Waals surface area contributed by atoms with E-state index in [0.29, 0.717) is 13.0 Å². The molecule has 3 unspecified atom stereocenters. The van der Waals surface area contributed by atoms with E-state index in [2.05, 4.69) is 11.8 Å². The molecule has 1 heterocycles. The number of ether oxygens (including phenoxy) is 4. The number of likely N-dealkylation sites (N-methyl/N-ethyl adjacent to an activating group) is 1. The first-order valence-corrected chi connectivity index (χ1v) is 12.6. The average Bonchev–Trinajstić information content (AvgIpc) is 3.16. The highest BCUT2D eigenvalue weighted by Crippen LogP contribution is 2.79. The van der Waals surface area contributed by atoms with E-state index in [-0.39, 0.29) is 47.5 Å². The van der Waals surface area contributed by atoms with Gasteiger partial charge in [-0.3, -0.25) is 9.69 Å². The third-order valence-electron chi connectivity index (χ3n) is 11.2. The number of carbonyl (C=O) groups excluding carboxylic acids is 1. The largest absolute Gasteiger partial charge is 0.386 e. The maximum atomic E-state index is 13.8. The van der Waals surface area contributed by atoms with Crippen molar-refractivity contribution < 1.29 is 34.0 Å². The second-order valence-corrected chi connectivity index (χ2v) is 11.7. The van der Waals surface area contributed by atoms with Crippen molar-refractivity contribution in [1.29, 1.82) is 0 Å². The van der Waals surface area contributed by atoms with E-state index in [1.165, 1.54) is 0 Å². The fraction of sp³-hybridized carbons (Fsp3) is 0.960. The summed E-state index contributed by atoms with van der Waals surface area (Å²) in [5.41, 5.74) is -3.95. The summed E-state index contributed by atoms with van der Waals surface area (Å²) in [6, 6.07) is -0.353. The van der Waals surface area contributed by atoms with Crippen LogP contribution in [-0.2, 0) is 23.7 Å². The zero-order chi connectivity index (χ0) is 23.6. The molecule has 8 nitrogen and oxygen atoms in total. The summed E-state index contributed by atoms with van der Waals surface area (Å²) >= 11 is 0. The van der Waals surface area contributed by atoms with Gasteiger partial charge in [0, 0.05) is 64.1 Å². The summed E-state index contributed by atoms with van der Waals surface area (Å²) in [7, 11) is 6.75. The number of rotatable bonds is 6. The van der Waals surface area contributed by atoms with Gasteiger partial charge in [-0.2, -0.15) is 0 Å². The number of ketones is 1. The Kier molecular flexibility index (Phi) is 4.84. The Morgan fingerprint density at radius 3 is 2.48 bits per heavy atom. The molecule has 12 atom stereocenters. The zero-order valence-corrected chi connectivity index (χ0v) is 20.5. The molecule has 7 bridgehead atoms. The highest BCUT2D eigenvalue weighted by molar-refractivity contribution is 5.90. The molecule has 0 aromatic rings. The first-order valence-electron chi connectivity index (χ1n) is 12.6. The van der Waals surface area contributed by atoms with Crippen molar-refractivity contribution in [1.82, 2.24) is 4.90 Å². The summed E-state index contributed by atoms with van der Waals surface area (Å²) in [6.45, 7) is 4.19. The minimum atomic E-state index is -1.61. The molecule has 0 radical (unpaired) electrons. The van der Waals surface area contributed by atoms with Crippen LogP contribution >= 0.6 is 0 Å². The monoisotopic (exact) mass is 465 g/mol. The van der Waals surface area contributed by atoms with Crippen molar-refractivity contribution in [2.45, 2.75) is 68.2 Å². The maximum absolute atomic E-state index is 13.8. The lowest BCUT2D eigenvalue weighted by atomic mass is 9.42. The third kappa shape index (κ3) is 2.15.